The molecule has 1 aliphatic rings. The third-order valence-electron chi connectivity index (χ3n) is 5.06. The average Bonchev–Trinajstić information content (AvgIpc) is 3.27. The third-order valence-corrected chi connectivity index (χ3v) is 6.89. The number of amides is 1. The van der Waals surface area contributed by atoms with Crippen LogP contribution in [0.25, 0.3) is 10.8 Å². The van der Waals surface area contributed by atoms with Gasteiger partial charge in [-0.2, -0.15) is 0 Å². The van der Waals surface area contributed by atoms with Crippen molar-refractivity contribution in [1.82, 2.24) is 9.88 Å². The Balaban J connectivity index is 1.80. The SMILES string of the molecule is O=C(CN(c1ccc(F)cc1)S(=O)(=O)c1cccc2cnccc12)N1CCCC1. The molecule has 0 saturated carbocycles. The second-order valence-corrected chi connectivity index (χ2v) is 8.76. The number of rotatable bonds is 5. The molecule has 0 unspecified atom stereocenters. The van der Waals surface area contributed by atoms with Crippen LogP contribution in [0.4, 0.5) is 10.1 Å². The fourth-order valence-corrected chi connectivity index (χ4v) is 5.18. The van der Waals surface area contributed by atoms with Crippen LogP contribution in [0.15, 0.2) is 65.8 Å². The number of carbonyl (C=O) groups excluding carboxylic acids is 1. The minimum absolute atomic E-state index is 0.0796. The van der Waals surface area contributed by atoms with Crippen LogP contribution < -0.4 is 4.31 Å². The van der Waals surface area contributed by atoms with Gasteiger partial charge in [0, 0.05) is 36.3 Å². The van der Waals surface area contributed by atoms with Gasteiger partial charge < -0.3 is 4.90 Å². The number of hydrogen-bond acceptors (Lipinski definition) is 4. The lowest BCUT2D eigenvalue weighted by Gasteiger charge is -2.27. The summed E-state index contributed by atoms with van der Waals surface area (Å²) in [7, 11) is -4.08. The van der Waals surface area contributed by atoms with E-state index in [9.17, 15) is 17.6 Å². The predicted octanol–water partition coefficient (Wildman–Crippen LogP) is 3.19. The molecule has 2 aromatic carbocycles. The molecule has 0 N–H and O–H groups in total. The first-order chi connectivity index (χ1) is 14.0. The van der Waals surface area contributed by atoms with Gasteiger partial charge in [0.15, 0.2) is 0 Å². The van der Waals surface area contributed by atoms with Gasteiger partial charge >= 0.3 is 0 Å². The molecule has 0 aliphatic carbocycles. The number of hydrogen-bond donors (Lipinski definition) is 0. The van der Waals surface area contributed by atoms with Gasteiger partial charge in [0.1, 0.15) is 12.4 Å². The van der Waals surface area contributed by atoms with E-state index < -0.39 is 15.8 Å². The van der Waals surface area contributed by atoms with Crippen molar-refractivity contribution in [2.24, 2.45) is 0 Å². The van der Waals surface area contributed by atoms with Crippen molar-refractivity contribution in [3.63, 3.8) is 0 Å². The van der Waals surface area contributed by atoms with E-state index in [-0.39, 0.29) is 23.0 Å². The second-order valence-electron chi connectivity index (χ2n) is 6.93. The van der Waals surface area contributed by atoms with E-state index in [0.29, 0.717) is 23.9 Å². The van der Waals surface area contributed by atoms with Gasteiger partial charge in [0.2, 0.25) is 5.91 Å². The Morgan fingerprint density at radius 3 is 2.52 bits per heavy atom. The van der Waals surface area contributed by atoms with Gasteiger partial charge in [0.05, 0.1) is 10.6 Å². The molecule has 6 nitrogen and oxygen atoms in total. The maximum absolute atomic E-state index is 13.6. The van der Waals surface area contributed by atoms with Crippen molar-refractivity contribution in [1.29, 1.82) is 0 Å². The highest BCUT2D eigenvalue weighted by atomic mass is 32.2. The van der Waals surface area contributed by atoms with Crippen molar-refractivity contribution < 1.29 is 17.6 Å². The van der Waals surface area contributed by atoms with Crippen LogP contribution in [-0.4, -0.2) is 43.8 Å². The van der Waals surface area contributed by atoms with Gasteiger partial charge in [-0.3, -0.25) is 14.1 Å². The fraction of sp³-hybridized carbons (Fsp3) is 0.238. The summed E-state index contributed by atoms with van der Waals surface area (Å²) in [6, 6.07) is 11.7. The second kappa shape index (κ2) is 7.79. The number of aromatic nitrogens is 1. The maximum Gasteiger partial charge on any atom is 0.265 e. The lowest BCUT2D eigenvalue weighted by atomic mass is 10.2. The largest absolute Gasteiger partial charge is 0.341 e. The average molecular weight is 413 g/mol. The zero-order valence-electron chi connectivity index (χ0n) is 15.7. The van der Waals surface area contributed by atoms with Crippen LogP contribution in [0.2, 0.25) is 0 Å². The predicted molar refractivity (Wildman–Crippen MR) is 108 cm³/mol. The molecule has 1 amide bonds. The third kappa shape index (κ3) is 3.80. The molecule has 2 heterocycles. The molecule has 1 aliphatic heterocycles. The van der Waals surface area contributed by atoms with Crippen molar-refractivity contribution in [2.45, 2.75) is 17.7 Å². The molecule has 1 saturated heterocycles. The van der Waals surface area contributed by atoms with Crippen molar-refractivity contribution >= 4 is 32.4 Å². The van der Waals surface area contributed by atoms with Crippen LogP contribution in [0.5, 0.6) is 0 Å². The Labute approximate surface area is 168 Å². The topological polar surface area (TPSA) is 70.6 Å². The summed E-state index contributed by atoms with van der Waals surface area (Å²) in [6.45, 7) is 0.904. The molecule has 1 fully saturated rings. The van der Waals surface area contributed by atoms with E-state index >= 15 is 0 Å². The van der Waals surface area contributed by atoms with Crippen LogP contribution in [0, 0.1) is 5.82 Å². The zero-order chi connectivity index (χ0) is 20.4. The molecule has 0 radical (unpaired) electrons. The van der Waals surface area contributed by atoms with Crippen LogP contribution in [-0.2, 0) is 14.8 Å². The quantitative estimate of drug-likeness (QED) is 0.644. The number of pyridine rings is 1. The summed E-state index contributed by atoms with van der Waals surface area (Å²) in [5, 5.41) is 1.20. The fourth-order valence-electron chi connectivity index (χ4n) is 3.55. The number of fused-ring (bicyclic) bond motifs is 1. The van der Waals surface area contributed by atoms with E-state index in [0.717, 1.165) is 17.1 Å². The molecule has 0 spiro atoms. The highest BCUT2D eigenvalue weighted by molar-refractivity contribution is 7.93. The molecule has 8 heteroatoms. The molecular weight excluding hydrogens is 393 g/mol. The van der Waals surface area contributed by atoms with Crippen LogP contribution in [0.1, 0.15) is 12.8 Å². The summed E-state index contributed by atoms with van der Waals surface area (Å²) < 4.78 is 41.7. The highest BCUT2D eigenvalue weighted by Gasteiger charge is 2.31. The number of anilines is 1. The van der Waals surface area contributed by atoms with Crippen molar-refractivity contribution in [2.75, 3.05) is 23.9 Å². The van der Waals surface area contributed by atoms with E-state index in [1.54, 1.807) is 29.3 Å². The number of likely N-dealkylation sites (tertiary alicyclic amines) is 1. The number of sulfonamides is 1. The smallest absolute Gasteiger partial charge is 0.265 e. The summed E-state index contributed by atoms with van der Waals surface area (Å²) in [5.41, 5.74) is 0.241. The van der Waals surface area contributed by atoms with Gasteiger partial charge in [-0.05, 0) is 49.2 Å². The molecule has 4 rings (SSSR count). The Morgan fingerprint density at radius 1 is 1.07 bits per heavy atom. The lowest BCUT2D eigenvalue weighted by Crippen LogP contribution is -2.42. The molecule has 0 bridgehead atoms. The molecule has 150 valence electrons. The molecule has 3 aromatic rings. The summed E-state index contributed by atoms with van der Waals surface area (Å²) in [4.78, 5) is 18.6. The Hall–Kier alpha value is -3.00. The maximum atomic E-state index is 13.6. The van der Waals surface area contributed by atoms with E-state index in [1.807, 2.05) is 0 Å². The van der Waals surface area contributed by atoms with Gasteiger partial charge in [0.25, 0.3) is 10.0 Å². The Bertz CT molecular complexity index is 1140. The van der Waals surface area contributed by atoms with Gasteiger partial charge in [-0.15, -0.1) is 0 Å². The van der Waals surface area contributed by atoms with E-state index in [1.165, 1.54) is 36.5 Å². The number of halogens is 1. The molecule has 0 atom stereocenters. The number of nitrogens with zero attached hydrogens (tertiary/aromatic N) is 3. The number of benzene rings is 2. The number of carbonyl (C=O) groups is 1. The zero-order valence-corrected chi connectivity index (χ0v) is 16.5. The molecule has 29 heavy (non-hydrogen) atoms. The van der Waals surface area contributed by atoms with Crippen LogP contribution >= 0.6 is 0 Å². The van der Waals surface area contributed by atoms with Crippen molar-refractivity contribution in [3.05, 3.63) is 66.7 Å². The van der Waals surface area contributed by atoms with Crippen molar-refractivity contribution in [3.8, 4) is 0 Å². The first-order valence-corrected chi connectivity index (χ1v) is 10.8. The van der Waals surface area contributed by atoms with E-state index in [2.05, 4.69) is 4.98 Å². The minimum Gasteiger partial charge on any atom is -0.341 e. The van der Waals surface area contributed by atoms with Gasteiger partial charge in [-0.1, -0.05) is 12.1 Å². The monoisotopic (exact) mass is 413 g/mol. The van der Waals surface area contributed by atoms with Gasteiger partial charge in [-0.25, -0.2) is 12.8 Å². The normalized spacial score (nSPS) is 14.3. The first-order valence-electron chi connectivity index (χ1n) is 9.36. The summed E-state index contributed by atoms with van der Waals surface area (Å²) in [5.74, 6) is -0.745. The standard InChI is InChI=1S/C21H20FN3O3S/c22-17-6-8-18(9-7-17)25(15-21(26)24-12-1-2-13-24)29(27,28)20-5-3-4-16-14-23-11-10-19(16)20/h3-11,14H,1-2,12-13,15H2. The summed E-state index contributed by atoms with van der Waals surface area (Å²) in [6.07, 6.45) is 4.93. The highest BCUT2D eigenvalue weighted by Crippen LogP contribution is 2.29. The lowest BCUT2D eigenvalue weighted by molar-refractivity contribution is -0.128. The van der Waals surface area contributed by atoms with Crippen LogP contribution in [0.3, 0.4) is 0 Å². The Kier molecular flexibility index (Phi) is 5.19. The molecular formula is C21H20FN3O3S. The first kappa shape index (κ1) is 19.3. The Morgan fingerprint density at radius 2 is 1.79 bits per heavy atom. The minimum atomic E-state index is -4.08. The van der Waals surface area contributed by atoms with E-state index in [4.69, 9.17) is 0 Å². The molecule has 1 aromatic heterocycles. The summed E-state index contributed by atoms with van der Waals surface area (Å²) >= 11 is 0.